The number of pyridine rings is 2. The van der Waals surface area contributed by atoms with Gasteiger partial charge in [0.25, 0.3) is 11.5 Å². The predicted molar refractivity (Wildman–Crippen MR) is 96.8 cm³/mol. The summed E-state index contributed by atoms with van der Waals surface area (Å²) in [5.41, 5.74) is 1.28. The summed E-state index contributed by atoms with van der Waals surface area (Å²) in [5, 5.41) is 9.63. The van der Waals surface area contributed by atoms with Crippen LogP contribution in [-0.4, -0.2) is 56.1 Å². The Labute approximate surface area is 149 Å². The molecule has 1 amide bonds. The second kappa shape index (κ2) is 7.01. The van der Waals surface area contributed by atoms with Gasteiger partial charge < -0.3 is 10.0 Å². The van der Waals surface area contributed by atoms with Crippen molar-refractivity contribution in [1.29, 1.82) is 0 Å². The lowest BCUT2D eigenvalue weighted by Gasteiger charge is -2.15. The summed E-state index contributed by atoms with van der Waals surface area (Å²) in [6.07, 6.45) is 4.62. The molecule has 0 aliphatic carbocycles. The number of fused-ring (bicyclic) bond motifs is 1. The molecular weight excluding hydrogens is 334 g/mol. The highest BCUT2D eigenvalue weighted by atomic mass is 16.3. The molecule has 0 saturated heterocycles. The fraction of sp³-hybridized carbons (Fsp3) is 0.278. The second-order valence-electron chi connectivity index (χ2n) is 6.18. The first kappa shape index (κ1) is 17.7. The second-order valence-corrected chi connectivity index (χ2v) is 6.18. The molecule has 0 aliphatic rings. The molecule has 1 N–H and O–H groups in total. The summed E-state index contributed by atoms with van der Waals surface area (Å²) < 4.78 is 1.35. The third kappa shape index (κ3) is 3.06. The summed E-state index contributed by atoms with van der Waals surface area (Å²) >= 11 is 0. The number of nitrogens with zero attached hydrogens (tertiary/aromatic N) is 5. The first-order chi connectivity index (χ1) is 12.4. The van der Waals surface area contributed by atoms with Gasteiger partial charge >= 0.3 is 0 Å². The highest BCUT2D eigenvalue weighted by Crippen LogP contribution is 2.24. The van der Waals surface area contributed by atoms with Crippen LogP contribution in [0, 0.1) is 0 Å². The molecule has 8 nitrogen and oxygen atoms in total. The fourth-order valence-electron chi connectivity index (χ4n) is 2.59. The van der Waals surface area contributed by atoms with Gasteiger partial charge in [-0.25, -0.2) is 9.97 Å². The van der Waals surface area contributed by atoms with Crippen LogP contribution in [0.5, 0.6) is 0 Å². The number of carbonyl (C=O) groups is 1. The molecule has 3 heterocycles. The summed E-state index contributed by atoms with van der Waals surface area (Å²) in [4.78, 5) is 39.6. The van der Waals surface area contributed by atoms with Gasteiger partial charge in [0.05, 0.1) is 30.1 Å². The van der Waals surface area contributed by atoms with Gasteiger partial charge in [0.2, 0.25) is 0 Å². The van der Waals surface area contributed by atoms with Crippen LogP contribution >= 0.6 is 0 Å². The van der Waals surface area contributed by atoms with E-state index in [9.17, 15) is 14.7 Å². The van der Waals surface area contributed by atoms with Crippen molar-refractivity contribution >= 4 is 16.8 Å². The zero-order chi connectivity index (χ0) is 18.8. The van der Waals surface area contributed by atoms with Crippen LogP contribution < -0.4 is 5.56 Å². The fourth-order valence-corrected chi connectivity index (χ4v) is 2.59. The van der Waals surface area contributed by atoms with Gasteiger partial charge in [0, 0.05) is 32.1 Å². The molecule has 0 saturated carbocycles. The van der Waals surface area contributed by atoms with Crippen molar-refractivity contribution in [1.82, 2.24) is 24.4 Å². The highest BCUT2D eigenvalue weighted by Gasteiger charge is 2.19. The van der Waals surface area contributed by atoms with E-state index in [2.05, 4.69) is 15.0 Å². The molecule has 1 atom stereocenters. The first-order valence-electron chi connectivity index (χ1n) is 8.08. The third-order valence-electron chi connectivity index (χ3n) is 4.07. The third-order valence-corrected chi connectivity index (χ3v) is 4.07. The smallest absolute Gasteiger partial charge is 0.271 e. The molecule has 0 fully saturated rings. The number of hydrogen-bond acceptors (Lipinski definition) is 6. The molecule has 134 valence electrons. The van der Waals surface area contributed by atoms with Crippen LogP contribution in [0.25, 0.3) is 22.2 Å². The maximum atomic E-state index is 12.9. The summed E-state index contributed by atoms with van der Waals surface area (Å²) in [7, 11) is 3.24. The maximum Gasteiger partial charge on any atom is 0.271 e. The summed E-state index contributed by atoms with van der Waals surface area (Å²) in [5.74, 6) is -0.318. The van der Waals surface area contributed by atoms with Crippen molar-refractivity contribution in [2.75, 3.05) is 20.7 Å². The Hall–Kier alpha value is -3.13. The van der Waals surface area contributed by atoms with E-state index in [0.717, 1.165) is 0 Å². The van der Waals surface area contributed by atoms with Crippen LogP contribution in [0.2, 0.25) is 0 Å². The van der Waals surface area contributed by atoms with E-state index < -0.39 is 6.04 Å². The molecule has 3 rings (SSSR count). The minimum absolute atomic E-state index is 0.148. The van der Waals surface area contributed by atoms with Gasteiger partial charge in [-0.15, -0.1) is 0 Å². The Bertz CT molecular complexity index is 1010. The number of hydrogen-bond donors (Lipinski definition) is 1. The van der Waals surface area contributed by atoms with Gasteiger partial charge in [-0.3, -0.25) is 19.1 Å². The van der Waals surface area contributed by atoms with Crippen molar-refractivity contribution in [3.05, 3.63) is 53.0 Å². The molecule has 26 heavy (non-hydrogen) atoms. The molecule has 0 spiro atoms. The van der Waals surface area contributed by atoms with Crippen LogP contribution in [0.3, 0.4) is 0 Å². The number of rotatable bonds is 4. The minimum atomic E-state index is -0.428. The van der Waals surface area contributed by atoms with Gasteiger partial charge in [0.1, 0.15) is 11.2 Å². The lowest BCUT2D eigenvalue weighted by Crippen LogP contribution is -2.27. The van der Waals surface area contributed by atoms with Gasteiger partial charge in [-0.1, -0.05) is 0 Å². The number of aliphatic hydroxyl groups excluding tert-OH is 1. The maximum absolute atomic E-state index is 12.9. The Morgan fingerprint density at radius 2 is 2.15 bits per heavy atom. The lowest BCUT2D eigenvalue weighted by molar-refractivity contribution is 0.0822. The Morgan fingerprint density at radius 3 is 2.77 bits per heavy atom. The zero-order valence-electron chi connectivity index (χ0n) is 14.7. The van der Waals surface area contributed by atoms with Crippen molar-refractivity contribution in [2.24, 2.45) is 0 Å². The highest BCUT2D eigenvalue weighted by molar-refractivity contribution is 5.99. The van der Waals surface area contributed by atoms with Crippen LogP contribution in [0.4, 0.5) is 0 Å². The van der Waals surface area contributed by atoms with Gasteiger partial charge in [-0.2, -0.15) is 0 Å². The van der Waals surface area contributed by atoms with Gasteiger partial charge in [-0.05, 0) is 25.1 Å². The molecule has 3 aromatic rings. The predicted octanol–water partition coefficient (Wildman–Crippen LogP) is 1.11. The van der Waals surface area contributed by atoms with E-state index in [0.29, 0.717) is 16.8 Å². The Kier molecular flexibility index (Phi) is 4.77. The van der Waals surface area contributed by atoms with Crippen LogP contribution in [0.1, 0.15) is 23.5 Å². The summed E-state index contributed by atoms with van der Waals surface area (Å²) in [6, 6.07) is 4.57. The quantitative estimate of drug-likeness (QED) is 0.754. The van der Waals surface area contributed by atoms with E-state index in [1.807, 2.05) is 0 Å². The standard InChI is InChI=1S/C18H19N5O3/c1-11(9-24)23-10-20-16-13(17(23)25)7-14(18(26)22(2)3)21-15(16)12-5-4-6-19-8-12/h4-8,10-11,24H,9H2,1-3H3. The Morgan fingerprint density at radius 1 is 1.38 bits per heavy atom. The average molecular weight is 353 g/mol. The summed E-state index contributed by atoms with van der Waals surface area (Å²) in [6.45, 7) is 1.52. The zero-order valence-corrected chi connectivity index (χ0v) is 14.7. The van der Waals surface area contributed by atoms with E-state index in [-0.39, 0.29) is 29.2 Å². The largest absolute Gasteiger partial charge is 0.394 e. The minimum Gasteiger partial charge on any atom is -0.394 e. The van der Waals surface area contributed by atoms with Crippen molar-refractivity contribution in [3.8, 4) is 11.3 Å². The van der Waals surface area contributed by atoms with Crippen molar-refractivity contribution in [3.63, 3.8) is 0 Å². The molecule has 8 heteroatoms. The average Bonchev–Trinajstić information content (AvgIpc) is 2.67. The number of aromatic nitrogens is 4. The van der Waals surface area contributed by atoms with Crippen molar-refractivity contribution in [2.45, 2.75) is 13.0 Å². The molecule has 1 unspecified atom stereocenters. The molecule has 0 radical (unpaired) electrons. The monoisotopic (exact) mass is 353 g/mol. The van der Waals surface area contributed by atoms with Crippen LogP contribution in [0.15, 0.2) is 41.7 Å². The van der Waals surface area contributed by atoms with E-state index in [1.165, 1.54) is 21.9 Å². The topological polar surface area (TPSA) is 101 Å². The SMILES string of the molecule is CC(CO)n1cnc2c(-c3cccnc3)nc(C(=O)N(C)C)cc2c1=O. The number of amides is 1. The molecule has 0 aromatic carbocycles. The molecule has 0 bridgehead atoms. The first-order valence-corrected chi connectivity index (χ1v) is 8.08. The van der Waals surface area contributed by atoms with Gasteiger partial charge in [0.15, 0.2) is 0 Å². The molecule has 0 aliphatic heterocycles. The van der Waals surface area contributed by atoms with E-state index in [1.54, 1.807) is 45.5 Å². The van der Waals surface area contributed by atoms with Crippen LogP contribution in [-0.2, 0) is 0 Å². The molecule has 3 aromatic heterocycles. The Balaban J connectivity index is 2.37. The van der Waals surface area contributed by atoms with Crippen molar-refractivity contribution < 1.29 is 9.90 Å². The number of carbonyl (C=O) groups excluding carboxylic acids is 1. The molecular formula is C18H19N5O3. The lowest BCUT2D eigenvalue weighted by atomic mass is 10.1. The normalized spacial score (nSPS) is 12.2. The van der Waals surface area contributed by atoms with E-state index in [4.69, 9.17) is 0 Å². The number of aliphatic hydroxyl groups is 1. The van der Waals surface area contributed by atoms with E-state index >= 15 is 0 Å².